The number of halogens is 1. The van der Waals surface area contributed by atoms with Crippen molar-refractivity contribution in [2.75, 3.05) is 24.4 Å². The van der Waals surface area contributed by atoms with Crippen LogP contribution in [0.15, 0.2) is 65.7 Å². The van der Waals surface area contributed by atoms with Gasteiger partial charge in [0, 0.05) is 29.4 Å². The molecule has 220 valence electrons. The van der Waals surface area contributed by atoms with Gasteiger partial charge in [-0.1, -0.05) is 31.8 Å². The lowest BCUT2D eigenvalue weighted by atomic mass is 10.1. The average molecular weight is 609 g/mol. The summed E-state index contributed by atoms with van der Waals surface area (Å²) in [5.74, 6) is 5.53. The Morgan fingerprint density at radius 3 is 2.52 bits per heavy atom. The van der Waals surface area contributed by atoms with Crippen LogP contribution in [0.2, 0.25) is 0 Å². The SMILES string of the molecule is CCN(CC)CC#Cc1cc2nccc(Oc3ccc(NS(=O)(=O)c4cccc(C(=O)NC(C)(C)C)c4)cc3F)c2s1. The maximum absolute atomic E-state index is 15.1. The number of amides is 1. The molecule has 0 aliphatic rings. The number of aromatic nitrogens is 1. The lowest BCUT2D eigenvalue weighted by Gasteiger charge is -2.20. The third-order valence-corrected chi connectivity index (χ3v) is 8.52. The third kappa shape index (κ3) is 7.85. The maximum atomic E-state index is 15.1. The molecule has 42 heavy (non-hydrogen) atoms. The molecule has 4 rings (SSSR count). The summed E-state index contributed by atoms with van der Waals surface area (Å²) in [5, 5.41) is 2.80. The van der Waals surface area contributed by atoms with Crippen molar-refractivity contribution in [1.82, 2.24) is 15.2 Å². The zero-order valence-corrected chi connectivity index (χ0v) is 25.7. The van der Waals surface area contributed by atoms with Gasteiger partial charge >= 0.3 is 0 Å². The van der Waals surface area contributed by atoms with Gasteiger partial charge in [-0.05, 0) is 70.3 Å². The second-order valence-electron chi connectivity index (χ2n) is 10.5. The van der Waals surface area contributed by atoms with Crippen molar-refractivity contribution in [3.63, 3.8) is 0 Å². The molecule has 4 aromatic rings. The lowest BCUT2D eigenvalue weighted by molar-refractivity contribution is 0.0919. The predicted octanol–water partition coefficient (Wildman–Crippen LogP) is 6.25. The Balaban J connectivity index is 1.51. The highest BCUT2D eigenvalue weighted by Gasteiger charge is 2.20. The number of rotatable bonds is 9. The Labute approximate surface area is 250 Å². The first-order valence-corrected chi connectivity index (χ1v) is 15.7. The van der Waals surface area contributed by atoms with Gasteiger partial charge < -0.3 is 10.1 Å². The van der Waals surface area contributed by atoms with Crippen LogP contribution in [0.4, 0.5) is 10.1 Å². The molecule has 0 aliphatic carbocycles. The number of nitrogens with one attached hydrogen (secondary N) is 2. The normalized spacial score (nSPS) is 11.7. The van der Waals surface area contributed by atoms with E-state index in [1.165, 1.54) is 47.7 Å². The third-order valence-electron chi connectivity index (χ3n) is 6.08. The van der Waals surface area contributed by atoms with Crippen LogP contribution in [-0.4, -0.2) is 49.4 Å². The monoisotopic (exact) mass is 608 g/mol. The Hall–Kier alpha value is -3.98. The second kappa shape index (κ2) is 12.9. The number of carbonyl (C=O) groups is 1. The molecule has 0 saturated heterocycles. The molecule has 0 fully saturated rings. The van der Waals surface area contributed by atoms with Gasteiger partial charge in [-0.25, -0.2) is 12.8 Å². The summed E-state index contributed by atoms with van der Waals surface area (Å²) in [6, 6.07) is 13.0. The van der Waals surface area contributed by atoms with E-state index in [4.69, 9.17) is 4.74 Å². The fourth-order valence-corrected chi connectivity index (χ4v) is 5.97. The van der Waals surface area contributed by atoms with E-state index in [0.29, 0.717) is 17.8 Å². The molecule has 11 heteroatoms. The molecule has 0 unspecified atom stereocenters. The number of pyridine rings is 1. The minimum Gasteiger partial charge on any atom is -0.453 e. The second-order valence-corrected chi connectivity index (χ2v) is 13.2. The summed E-state index contributed by atoms with van der Waals surface area (Å²) in [6.45, 7) is 12.2. The Morgan fingerprint density at radius 1 is 1.07 bits per heavy atom. The molecule has 2 aromatic carbocycles. The van der Waals surface area contributed by atoms with E-state index in [9.17, 15) is 13.2 Å². The first-order chi connectivity index (χ1) is 19.9. The highest BCUT2D eigenvalue weighted by molar-refractivity contribution is 7.92. The van der Waals surface area contributed by atoms with Gasteiger partial charge in [-0.2, -0.15) is 0 Å². The van der Waals surface area contributed by atoms with Gasteiger partial charge in [0.25, 0.3) is 15.9 Å². The van der Waals surface area contributed by atoms with Gasteiger partial charge in [0.15, 0.2) is 11.6 Å². The van der Waals surface area contributed by atoms with Crippen LogP contribution in [0, 0.1) is 17.7 Å². The molecule has 0 bridgehead atoms. The van der Waals surface area contributed by atoms with Crippen LogP contribution in [0.5, 0.6) is 11.5 Å². The molecular weight excluding hydrogens is 575 g/mol. The van der Waals surface area contributed by atoms with E-state index >= 15 is 4.39 Å². The van der Waals surface area contributed by atoms with Crippen molar-refractivity contribution in [3.8, 4) is 23.3 Å². The highest BCUT2D eigenvalue weighted by Crippen LogP contribution is 2.36. The van der Waals surface area contributed by atoms with Crippen molar-refractivity contribution in [3.05, 3.63) is 77.1 Å². The summed E-state index contributed by atoms with van der Waals surface area (Å²) in [5.41, 5.74) is 0.399. The smallest absolute Gasteiger partial charge is 0.261 e. The fourth-order valence-electron chi connectivity index (χ4n) is 3.94. The van der Waals surface area contributed by atoms with E-state index in [1.54, 1.807) is 12.3 Å². The van der Waals surface area contributed by atoms with Crippen molar-refractivity contribution in [1.29, 1.82) is 0 Å². The maximum Gasteiger partial charge on any atom is 0.261 e. The molecule has 2 heterocycles. The molecule has 2 N–H and O–H groups in total. The summed E-state index contributed by atoms with van der Waals surface area (Å²) in [7, 11) is -4.10. The molecule has 0 atom stereocenters. The lowest BCUT2D eigenvalue weighted by Crippen LogP contribution is -2.40. The van der Waals surface area contributed by atoms with Gasteiger partial charge in [-0.15, -0.1) is 11.3 Å². The molecule has 2 aromatic heterocycles. The number of hydrogen-bond acceptors (Lipinski definition) is 7. The summed E-state index contributed by atoms with van der Waals surface area (Å²) in [4.78, 5) is 19.8. The van der Waals surface area contributed by atoms with Crippen LogP contribution in [0.25, 0.3) is 10.2 Å². The zero-order valence-electron chi connectivity index (χ0n) is 24.1. The quantitative estimate of drug-likeness (QED) is 0.218. The first kappa shape index (κ1) is 31.0. The number of carbonyl (C=O) groups excluding carboxylic acids is 1. The van der Waals surface area contributed by atoms with Crippen LogP contribution in [-0.2, 0) is 10.0 Å². The fraction of sp³-hybridized carbons (Fsp3) is 0.290. The molecule has 1 amide bonds. The number of fused-ring (bicyclic) bond motifs is 1. The van der Waals surface area contributed by atoms with E-state index in [1.807, 2.05) is 26.8 Å². The minimum atomic E-state index is -4.10. The summed E-state index contributed by atoms with van der Waals surface area (Å²) >= 11 is 1.41. The zero-order chi connectivity index (χ0) is 30.5. The van der Waals surface area contributed by atoms with Crippen molar-refractivity contribution >= 4 is 43.2 Å². The molecule has 0 saturated carbocycles. The molecule has 0 aliphatic heterocycles. The highest BCUT2D eigenvalue weighted by atomic mass is 32.2. The summed E-state index contributed by atoms with van der Waals surface area (Å²) in [6.07, 6.45) is 1.58. The standard InChI is InChI=1S/C31H33FN4O4S2/c1-6-36(7-2)17-9-11-23-20-26-29(41-23)28(15-16-33-26)40-27-14-13-22(19-25(27)32)35-42(38,39)24-12-8-10-21(18-24)30(37)34-31(3,4)5/h8,10,12-16,18-20,35H,6-7,17H2,1-5H3,(H,34,37). The van der Waals surface area contributed by atoms with E-state index in [-0.39, 0.29) is 21.9 Å². The number of ether oxygens (including phenoxy) is 1. The van der Waals surface area contributed by atoms with Gasteiger partial charge in [0.1, 0.15) is 5.75 Å². The van der Waals surface area contributed by atoms with E-state index in [0.717, 1.165) is 28.7 Å². The number of hydrogen-bond donors (Lipinski definition) is 2. The number of benzene rings is 2. The van der Waals surface area contributed by atoms with Crippen molar-refractivity contribution < 1.29 is 22.3 Å². The molecule has 0 radical (unpaired) electrons. The van der Waals surface area contributed by atoms with Gasteiger partial charge in [-0.3, -0.25) is 19.4 Å². The van der Waals surface area contributed by atoms with Crippen LogP contribution in [0.1, 0.15) is 49.9 Å². The van der Waals surface area contributed by atoms with Crippen molar-refractivity contribution in [2.24, 2.45) is 0 Å². The van der Waals surface area contributed by atoms with Crippen LogP contribution in [0.3, 0.4) is 0 Å². The van der Waals surface area contributed by atoms with Crippen LogP contribution >= 0.6 is 11.3 Å². The predicted molar refractivity (Wildman–Crippen MR) is 165 cm³/mol. The Morgan fingerprint density at radius 2 is 1.83 bits per heavy atom. The number of anilines is 1. The Bertz CT molecular complexity index is 1760. The largest absolute Gasteiger partial charge is 0.453 e. The van der Waals surface area contributed by atoms with E-state index in [2.05, 4.69) is 45.6 Å². The van der Waals surface area contributed by atoms with Gasteiger partial charge in [0.2, 0.25) is 0 Å². The van der Waals surface area contributed by atoms with Crippen LogP contribution < -0.4 is 14.8 Å². The number of nitrogens with zero attached hydrogens (tertiary/aromatic N) is 2. The topological polar surface area (TPSA) is 101 Å². The number of sulfonamides is 1. The summed E-state index contributed by atoms with van der Waals surface area (Å²) < 4.78 is 50.1. The number of thiophene rings is 1. The molecule has 8 nitrogen and oxygen atoms in total. The van der Waals surface area contributed by atoms with Crippen molar-refractivity contribution in [2.45, 2.75) is 45.1 Å². The Kier molecular flexibility index (Phi) is 9.51. The molecule has 0 spiro atoms. The molecular formula is C31H33FN4O4S2. The van der Waals surface area contributed by atoms with E-state index < -0.39 is 27.3 Å². The minimum absolute atomic E-state index is 0.00570. The van der Waals surface area contributed by atoms with Gasteiger partial charge in [0.05, 0.1) is 32.2 Å². The first-order valence-electron chi connectivity index (χ1n) is 13.4. The average Bonchev–Trinajstić information content (AvgIpc) is 3.35.